The number of halogens is 1. The van der Waals surface area contributed by atoms with Gasteiger partial charge in [0.15, 0.2) is 0 Å². The maximum absolute atomic E-state index is 14.1. The number of carboxylic acid groups (broad SMARTS) is 1. The molecule has 1 aliphatic heterocycles. The molecule has 0 amide bonds. The van der Waals surface area contributed by atoms with E-state index in [1.54, 1.807) is 24.3 Å². The number of aromatic carboxylic acids is 1. The highest BCUT2D eigenvalue weighted by Gasteiger charge is 2.31. The van der Waals surface area contributed by atoms with E-state index in [0.29, 0.717) is 31.1 Å². The van der Waals surface area contributed by atoms with Crippen molar-refractivity contribution in [1.82, 2.24) is 4.57 Å². The fourth-order valence-electron chi connectivity index (χ4n) is 5.78. The third-order valence-corrected chi connectivity index (χ3v) is 7.67. The average Bonchev–Trinajstić information content (AvgIpc) is 3.33. The SMILES string of the molecule is Cc1ccc2c(c1OCc1ccccc1)c(-c1ccccc1C(=O)O)c(C1CCOCC1)n2-c1ccc(F)cc1. The molecule has 5 aromatic rings. The maximum atomic E-state index is 14.1. The molecule has 0 atom stereocenters. The van der Waals surface area contributed by atoms with Gasteiger partial charge >= 0.3 is 5.97 Å². The van der Waals surface area contributed by atoms with E-state index in [2.05, 4.69) is 10.6 Å². The van der Waals surface area contributed by atoms with Gasteiger partial charge in [0.1, 0.15) is 18.2 Å². The smallest absolute Gasteiger partial charge is 0.336 e. The summed E-state index contributed by atoms with van der Waals surface area (Å²) in [5.41, 5.74) is 6.38. The lowest BCUT2D eigenvalue weighted by Crippen LogP contribution is -2.17. The molecular formula is C34H30FNO4. The lowest BCUT2D eigenvalue weighted by Gasteiger charge is -2.26. The molecule has 1 aromatic heterocycles. The lowest BCUT2D eigenvalue weighted by atomic mass is 9.88. The van der Waals surface area contributed by atoms with Gasteiger partial charge in [-0.05, 0) is 72.9 Å². The van der Waals surface area contributed by atoms with E-state index >= 15 is 0 Å². The lowest BCUT2D eigenvalue weighted by molar-refractivity contribution is 0.0697. The number of carboxylic acids is 1. The van der Waals surface area contributed by atoms with Crippen molar-refractivity contribution in [2.75, 3.05) is 13.2 Å². The highest BCUT2D eigenvalue weighted by Crippen LogP contribution is 2.48. The first-order chi connectivity index (χ1) is 19.5. The fourth-order valence-corrected chi connectivity index (χ4v) is 5.78. The molecule has 0 bridgehead atoms. The van der Waals surface area contributed by atoms with E-state index in [1.807, 2.05) is 55.5 Å². The zero-order chi connectivity index (χ0) is 27.6. The first kappa shape index (κ1) is 25.8. The summed E-state index contributed by atoms with van der Waals surface area (Å²) in [5.74, 6) is -0.487. The Labute approximate surface area is 232 Å². The molecule has 4 aromatic carbocycles. The normalized spacial score (nSPS) is 13.9. The van der Waals surface area contributed by atoms with Crippen molar-refractivity contribution in [1.29, 1.82) is 0 Å². The van der Waals surface area contributed by atoms with Crippen LogP contribution in [-0.2, 0) is 11.3 Å². The van der Waals surface area contributed by atoms with Crippen molar-refractivity contribution in [2.24, 2.45) is 0 Å². The van der Waals surface area contributed by atoms with Gasteiger partial charge in [-0.2, -0.15) is 0 Å². The third kappa shape index (κ3) is 4.75. The number of nitrogens with zero attached hydrogens (tertiary/aromatic N) is 1. The van der Waals surface area contributed by atoms with Crippen LogP contribution in [0.3, 0.4) is 0 Å². The summed E-state index contributed by atoms with van der Waals surface area (Å²) >= 11 is 0. The molecule has 2 heterocycles. The van der Waals surface area contributed by atoms with Crippen LogP contribution >= 0.6 is 0 Å². The maximum Gasteiger partial charge on any atom is 0.336 e. The number of hydrogen-bond acceptors (Lipinski definition) is 3. The number of carbonyl (C=O) groups is 1. The molecule has 6 rings (SSSR count). The minimum atomic E-state index is -0.990. The second-order valence-corrected chi connectivity index (χ2v) is 10.2. The number of rotatable bonds is 7. The van der Waals surface area contributed by atoms with Gasteiger partial charge in [0.2, 0.25) is 0 Å². The molecule has 1 aliphatic rings. The Balaban J connectivity index is 1.70. The van der Waals surface area contributed by atoms with Crippen molar-refractivity contribution in [3.63, 3.8) is 0 Å². The first-order valence-corrected chi connectivity index (χ1v) is 13.5. The second-order valence-electron chi connectivity index (χ2n) is 10.2. The summed E-state index contributed by atoms with van der Waals surface area (Å²) in [4.78, 5) is 12.5. The van der Waals surface area contributed by atoms with Crippen LogP contribution in [0.4, 0.5) is 4.39 Å². The van der Waals surface area contributed by atoms with Crippen LogP contribution in [0.15, 0.2) is 91.0 Å². The van der Waals surface area contributed by atoms with Gasteiger partial charge in [-0.25, -0.2) is 9.18 Å². The predicted molar refractivity (Wildman–Crippen MR) is 154 cm³/mol. The van der Waals surface area contributed by atoms with Crippen molar-refractivity contribution in [3.8, 4) is 22.6 Å². The van der Waals surface area contributed by atoms with E-state index in [9.17, 15) is 14.3 Å². The summed E-state index contributed by atoms with van der Waals surface area (Å²) in [6.07, 6.45) is 1.58. The van der Waals surface area contributed by atoms with E-state index in [-0.39, 0.29) is 17.3 Å². The van der Waals surface area contributed by atoms with Gasteiger partial charge in [-0.1, -0.05) is 54.6 Å². The average molecular weight is 536 g/mol. The Kier molecular flexibility index (Phi) is 7.10. The third-order valence-electron chi connectivity index (χ3n) is 7.67. The Morgan fingerprint density at radius 2 is 1.65 bits per heavy atom. The van der Waals surface area contributed by atoms with Crippen LogP contribution < -0.4 is 4.74 Å². The Morgan fingerprint density at radius 1 is 0.950 bits per heavy atom. The molecule has 0 radical (unpaired) electrons. The van der Waals surface area contributed by atoms with E-state index in [1.165, 1.54) is 12.1 Å². The highest BCUT2D eigenvalue weighted by atomic mass is 19.1. The minimum absolute atomic E-state index is 0.102. The van der Waals surface area contributed by atoms with E-state index in [4.69, 9.17) is 9.47 Å². The monoisotopic (exact) mass is 535 g/mol. The summed E-state index contributed by atoms with van der Waals surface area (Å²) in [6.45, 7) is 3.61. The van der Waals surface area contributed by atoms with Crippen LogP contribution in [0.25, 0.3) is 27.7 Å². The fraction of sp³-hybridized carbons (Fsp3) is 0.206. The van der Waals surface area contributed by atoms with Gasteiger partial charge in [-0.15, -0.1) is 0 Å². The highest BCUT2D eigenvalue weighted by molar-refractivity contribution is 6.08. The Hall–Kier alpha value is -4.42. The van der Waals surface area contributed by atoms with Crippen LogP contribution in [0.1, 0.15) is 45.9 Å². The Morgan fingerprint density at radius 3 is 2.38 bits per heavy atom. The van der Waals surface area contributed by atoms with Crippen LogP contribution in [-0.4, -0.2) is 28.9 Å². The zero-order valence-electron chi connectivity index (χ0n) is 22.3. The van der Waals surface area contributed by atoms with Crippen molar-refractivity contribution >= 4 is 16.9 Å². The second kappa shape index (κ2) is 11.0. The number of hydrogen-bond donors (Lipinski definition) is 1. The van der Waals surface area contributed by atoms with Crippen LogP contribution in [0.5, 0.6) is 5.75 Å². The molecule has 1 N–H and O–H groups in total. The van der Waals surface area contributed by atoms with Crippen molar-refractivity contribution in [2.45, 2.75) is 32.3 Å². The molecule has 0 aliphatic carbocycles. The molecule has 1 saturated heterocycles. The topological polar surface area (TPSA) is 60.7 Å². The summed E-state index contributed by atoms with van der Waals surface area (Å²) in [7, 11) is 0. The molecule has 0 spiro atoms. The molecular weight excluding hydrogens is 505 g/mol. The summed E-state index contributed by atoms with van der Waals surface area (Å²) in [5, 5.41) is 11.1. The molecule has 40 heavy (non-hydrogen) atoms. The first-order valence-electron chi connectivity index (χ1n) is 13.5. The standard InChI is InChI=1S/C34H30FNO4/c1-22-11-16-29-31(33(22)40-21-23-7-3-2-4-8-23)30(27-9-5-6-10-28(27)34(37)38)32(24-17-19-39-20-18-24)36(29)26-14-12-25(35)13-15-26/h2-16,24H,17-21H2,1H3,(H,37,38). The molecule has 0 unspecified atom stereocenters. The molecule has 6 heteroatoms. The minimum Gasteiger partial charge on any atom is -0.488 e. The number of benzene rings is 4. The van der Waals surface area contributed by atoms with Gasteiger partial charge in [0.05, 0.1) is 16.5 Å². The van der Waals surface area contributed by atoms with Gasteiger partial charge in [0.25, 0.3) is 0 Å². The van der Waals surface area contributed by atoms with Crippen LogP contribution in [0.2, 0.25) is 0 Å². The van der Waals surface area contributed by atoms with E-state index < -0.39 is 5.97 Å². The van der Waals surface area contributed by atoms with Gasteiger partial charge in [0, 0.05) is 36.1 Å². The number of aromatic nitrogens is 1. The largest absolute Gasteiger partial charge is 0.488 e. The molecule has 0 saturated carbocycles. The Bertz CT molecular complexity index is 1670. The molecule has 202 valence electrons. The van der Waals surface area contributed by atoms with Gasteiger partial charge in [-0.3, -0.25) is 0 Å². The number of fused-ring (bicyclic) bond motifs is 1. The van der Waals surface area contributed by atoms with Crippen LogP contribution in [0, 0.1) is 12.7 Å². The van der Waals surface area contributed by atoms with E-state index in [0.717, 1.165) is 51.8 Å². The summed E-state index contributed by atoms with van der Waals surface area (Å²) in [6, 6.07) is 27.7. The van der Waals surface area contributed by atoms with Crippen molar-refractivity contribution < 1.29 is 23.8 Å². The predicted octanol–water partition coefficient (Wildman–Crippen LogP) is 7.92. The van der Waals surface area contributed by atoms with Gasteiger partial charge < -0.3 is 19.1 Å². The zero-order valence-corrected chi connectivity index (χ0v) is 22.3. The quantitative estimate of drug-likeness (QED) is 0.230. The summed E-state index contributed by atoms with van der Waals surface area (Å²) < 4.78 is 28.5. The molecule has 1 fully saturated rings. The number of ether oxygens (including phenoxy) is 2. The van der Waals surface area contributed by atoms with Crippen molar-refractivity contribution in [3.05, 3.63) is 119 Å². The number of aryl methyl sites for hydroxylation is 1. The molecule has 5 nitrogen and oxygen atoms in total.